The molecule has 1 amide bonds. The van der Waals surface area contributed by atoms with E-state index >= 15 is 0 Å². The molecule has 0 spiro atoms. The number of halogens is 2. The average Bonchev–Trinajstić information content (AvgIpc) is 3.06. The fourth-order valence-electron chi connectivity index (χ4n) is 3.11. The van der Waals surface area contributed by atoms with Gasteiger partial charge < -0.3 is 5.32 Å². The number of fused-ring (bicyclic) bond motifs is 1. The highest BCUT2D eigenvalue weighted by Gasteiger charge is 2.17. The van der Waals surface area contributed by atoms with Gasteiger partial charge in [-0.3, -0.25) is 9.78 Å². The minimum Gasteiger partial charge on any atom is -0.321 e. The predicted octanol–water partition coefficient (Wildman–Crippen LogP) is 5.35. The SMILES string of the molecule is Cc1nn(-c2ccccc2)c(Cl)c1C=C(C#N)C(=O)Nc1cccc2ncccc12.Cl. The molecule has 0 saturated carbocycles. The molecule has 8 heteroatoms. The van der Waals surface area contributed by atoms with Crippen LogP contribution in [0.1, 0.15) is 11.3 Å². The number of anilines is 1. The zero-order valence-corrected chi connectivity index (χ0v) is 18.0. The molecule has 2 heterocycles. The van der Waals surface area contributed by atoms with Crippen LogP contribution < -0.4 is 5.32 Å². The van der Waals surface area contributed by atoms with E-state index in [1.54, 1.807) is 36.0 Å². The van der Waals surface area contributed by atoms with Gasteiger partial charge in [-0.1, -0.05) is 35.9 Å². The summed E-state index contributed by atoms with van der Waals surface area (Å²) in [6, 6.07) is 20.4. The van der Waals surface area contributed by atoms with Crippen LogP contribution in [-0.4, -0.2) is 20.7 Å². The normalized spacial score (nSPS) is 10.9. The van der Waals surface area contributed by atoms with E-state index < -0.39 is 5.91 Å². The first-order chi connectivity index (χ1) is 14.6. The number of carbonyl (C=O) groups is 1. The summed E-state index contributed by atoms with van der Waals surface area (Å²) in [6.45, 7) is 1.78. The van der Waals surface area contributed by atoms with Crippen molar-refractivity contribution in [3.05, 3.63) is 88.8 Å². The second-order valence-electron chi connectivity index (χ2n) is 6.54. The number of aryl methyl sites for hydroxylation is 1. The molecular weight excluding hydrogens is 433 g/mol. The van der Waals surface area contributed by atoms with Crippen LogP contribution in [0.25, 0.3) is 22.7 Å². The van der Waals surface area contributed by atoms with Crippen LogP contribution in [0.5, 0.6) is 0 Å². The average molecular weight is 450 g/mol. The Morgan fingerprint density at radius 1 is 1.13 bits per heavy atom. The maximum Gasteiger partial charge on any atom is 0.266 e. The summed E-state index contributed by atoms with van der Waals surface area (Å²) in [4.78, 5) is 17.1. The molecule has 0 aliphatic heterocycles. The van der Waals surface area contributed by atoms with Crippen LogP contribution in [0.2, 0.25) is 5.15 Å². The lowest BCUT2D eigenvalue weighted by atomic mass is 10.1. The van der Waals surface area contributed by atoms with Crippen LogP contribution in [0.4, 0.5) is 5.69 Å². The van der Waals surface area contributed by atoms with Gasteiger partial charge in [0.15, 0.2) is 0 Å². The first-order valence-corrected chi connectivity index (χ1v) is 9.53. The van der Waals surface area contributed by atoms with Gasteiger partial charge in [0.2, 0.25) is 0 Å². The molecular formula is C23H17Cl2N5O. The molecule has 4 rings (SSSR count). The van der Waals surface area contributed by atoms with E-state index in [1.807, 2.05) is 48.5 Å². The molecule has 0 fully saturated rings. The second kappa shape index (κ2) is 9.43. The first-order valence-electron chi connectivity index (χ1n) is 9.16. The molecule has 0 atom stereocenters. The van der Waals surface area contributed by atoms with Crippen molar-refractivity contribution in [1.29, 1.82) is 5.26 Å². The van der Waals surface area contributed by atoms with Gasteiger partial charge >= 0.3 is 0 Å². The summed E-state index contributed by atoms with van der Waals surface area (Å²) in [5.41, 5.74) is 3.17. The van der Waals surface area contributed by atoms with E-state index in [0.717, 1.165) is 16.6 Å². The Labute approximate surface area is 190 Å². The monoisotopic (exact) mass is 449 g/mol. The highest BCUT2D eigenvalue weighted by Crippen LogP contribution is 2.26. The third kappa shape index (κ3) is 4.43. The van der Waals surface area contributed by atoms with Gasteiger partial charge in [-0.05, 0) is 49.4 Å². The number of nitrogens with zero attached hydrogens (tertiary/aromatic N) is 4. The van der Waals surface area contributed by atoms with Gasteiger partial charge in [-0.15, -0.1) is 12.4 Å². The number of benzene rings is 2. The lowest BCUT2D eigenvalue weighted by molar-refractivity contribution is -0.112. The molecule has 154 valence electrons. The Morgan fingerprint density at radius 2 is 1.90 bits per heavy atom. The molecule has 0 aliphatic rings. The highest BCUT2D eigenvalue weighted by atomic mass is 35.5. The standard InChI is InChI=1S/C23H16ClN5O.ClH/c1-15-19(22(24)29(28-15)17-7-3-2-4-8-17)13-16(14-25)23(30)27-21-11-5-10-20-18(21)9-6-12-26-20;/h2-13H,1H3,(H,27,30);1H. The lowest BCUT2D eigenvalue weighted by Gasteiger charge is -2.07. The Kier molecular flexibility index (Phi) is 6.71. The number of pyridine rings is 1. The molecule has 2 aromatic heterocycles. The zero-order chi connectivity index (χ0) is 21.1. The van der Waals surface area contributed by atoms with Gasteiger partial charge in [0, 0.05) is 17.1 Å². The third-order valence-electron chi connectivity index (χ3n) is 4.60. The summed E-state index contributed by atoms with van der Waals surface area (Å²) in [5.74, 6) is -0.531. The molecule has 1 N–H and O–H groups in total. The Hall–Kier alpha value is -3.66. The lowest BCUT2D eigenvalue weighted by Crippen LogP contribution is -2.13. The largest absolute Gasteiger partial charge is 0.321 e. The van der Waals surface area contributed by atoms with Crippen molar-refractivity contribution in [2.24, 2.45) is 0 Å². The number of rotatable bonds is 4. The van der Waals surface area contributed by atoms with Gasteiger partial charge in [0.25, 0.3) is 5.91 Å². The molecule has 0 radical (unpaired) electrons. The maximum atomic E-state index is 12.8. The van der Waals surface area contributed by atoms with E-state index in [0.29, 0.717) is 22.1 Å². The number of hydrogen-bond acceptors (Lipinski definition) is 4. The zero-order valence-electron chi connectivity index (χ0n) is 16.4. The number of nitrogens with one attached hydrogen (secondary N) is 1. The van der Waals surface area contributed by atoms with E-state index in [2.05, 4.69) is 15.4 Å². The minimum atomic E-state index is -0.531. The van der Waals surface area contributed by atoms with Crippen LogP contribution in [0.3, 0.4) is 0 Å². The fourth-order valence-corrected chi connectivity index (χ4v) is 3.44. The molecule has 0 unspecified atom stereocenters. The van der Waals surface area contributed by atoms with E-state index in [-0.39, 0.29) is 18.0 Å². The van der Waals surface area contributed by atoms with Gasteiger partial charge in [0.1, 0.15) is 16.8 Å². The summed E-state index contributed by atoms with van der Waals surface area (Å²) >= 11 is 6.51. The van der Waals surface area contributed by atoms with Crippen LogP contribution in [-0.2, 0) is 4.79 Å². The number of hydrogen-bond donors (Lipinski definition) is 1. The van der Waals surface area contributed by atoms with Crippen molar-refractivity contribution in [3.8, 4) is 11.8 Å². The summed E-state index contributed by atoms with van der Waals surface area (Å²) < 4.78 is 1.58. The van der Waals surface area contributed by atoms with Gasteiger partial charge in [-0.2, -0.15) is 10.4 Å². The van der Waals surface area contributed by atoms with Crippen LogP contribution >= 0.6 is 24.0 Å². The molecule has 0 saturated heterocycles. The molecule has 0 bridgehead atoms. The van der Waals surface area contributed by atoms with E-state index in [4.69, 9.17) is 11.6 Å². The second-order valence-corrected chi connectivity index (χ2v) is 6.89. The van der Waals surface area contributed by atoms with Crippen LogP contribution in [0, 0.1) is 18.3 Å². The molecule has 0 aliphatic carbocycles. The van der Waals surface area contributed by atoms with Crippen molar-refractivity contribution < 1.29 is 4.79 Å². The highest BCUT2D eigenvalue weighted by molar-refractivity contribution is 6.31. The van der Waals surface area contributed by atoms with Crippen molar-refractivity contribution >= 4 is 52.6 Å². The fraction of sp³-hybridized carbons (Fsp3) is 0.0435. The minimum absolute atomic E-state index is 0. The number of para-hydroxylation sites is 1. The third-order valence-corrected chi connectivity index (χ3v) is 4.96. The Morgan fingerprint density at radius 3 is 2.65 bits per heavy atom. The van der Waals surface area contributed by atoms with E-state index in [9.17, 15) is 10.1 Å². The number of carbonyl (C=O) groups excluding carboxylic acids is 1. The van der Waals surface area contributed by atoms with Crippen molar-refractivity contribution in [2.45, 2.75) is 6.92 Å². The number of aromatic nitrogens is 3. The topological polar surface area (TPSA) is 83.6 Å². The Bertz CT molecular complexity index is 1320. The molecule has 2 aromatic carbocycles. The number of nitriles is 1. The predicted molar refractivity (Wildman–Crippen MR) is 125 cm³/mol. The van der Waals surface area contributed by atoms with Gasteiger partial charge in [-0.25, -0.2) is 4.68 Å². The molecule has 31 heavy (non-hydrogen) atoms. The maximum absolute atomic E-state index is 12.8. The quantitative estimate of drug-likeness (QED) is 0.336. The first kappa shape index (κ1) is 22.0. The van der Waals surface area contributed by atoms with Crippen molar-refractivity contribution in [1.82, 2.24) is 14.8 Å². The summed E-state index contributed by atoms with van der Waals surface area (Å²) in [7, 11) is 0. The molecule has 6 nitrogen and oxygen atoms in total. The van der Waals surface area contributed by atoms with Crippen LogP contribution in [0.15, 0.2) is 72.4 Å². The smallest absolute Gasteiger partial charge is 0.266 e. The summed E-state index contributed by atoms with van der Waals surface area (Å²) in [5, 5.41) is 17.9. The van der Waals surface area contributed by atoms with Crippen molar-refractivity contribution in [3.63, 3.8) is 0 Å². The number of amides is 1. The van der Waals surface area contributed by atoms with Crippen molar-refractivity contribution in [2.75, 3.05) is 5.32 Å². The molecule has 4 aromatic rings. The van der Waals surface area contributed by atoms with E-state index in [1.165, 1.54) is 6.08 Å². The Balaban J connectivity index is 0.00000272. The summed E-state index contributed by atoms with van der Waals surface area (Å²) in [6.07, 6.45) is 3.15. The van der Waals surface area contributed by atoms with Gasteiger partial charge in [0.05, 0.1) is 22.6 Å².